The van der Waals surface area contributed by atoms with Gasteiger partial charge < -0.3 is 20.1 Å². The Morgan fingerprint density at radius 1 is 1.25 bits per heavy atom. The molecule has 0 saturated carbocycles. The molecule has 2 heterocycles. The van der Waals surface area contributed by atoms with Gasteiger partial charge in [0, 0.05) is 31.5 Å². The number of carbonyl (C=O) groups excluding carboxylic acids is 1. The smallest absolute Gasteiger partial charge is 0.253 e. The van der Waals surface area contributed by atoms with Crippen molar-refractivity contribution in [1.82, 2.24) is 4.90 Å². The van der Waals surface area contributed by atoms with Crippen LogP contribution in [0.1, 0.15) is 23.2 Å². The molecular formula is C14H17ClN2O3. The highest BCUT2D eigenvalue weighted by Crippen LogP contribution is 2.32. The number of hydrogen-bond donors (Lipinski definition) is 1. The van der Waals surface area contributed by atoms with Crippen LogP contribution in [0.3, 0.4) is 0 Å². The van der Waals surface area contributed by atoms with E-state index in [2.05, 4.69) is 0 Å². The molecule has 2 fully saturated rings. The van der Waals surface area contributed by atoms with Gasteiger partial charge in [-0.1, -0.05) is 11.6 Å². The van der Waals surface area contributed by atoms with Crippen LogP contribution in [0.4, 0.5) is 5.69 Å². The highest BCUT2D eigenvalue weighted by Gasteiger charge is 2.40. The summed E-state index contributed by atoms with van der Waals surface area (Å²) in [6.07, 6.45) is 1.42. The third kappa shape index (κ3) is 2.49. The summed E-state index contributed by atoms with van der Waals surface area (Å²) in [5.74, 6) is -0.491. The minimum atomic E-state index is -0.463. The maximum Gasteiger partial charge on any atom is 0.253 e. The van der Waals surface area contributed by atoms with Gasteiger partial charge in [0.15, 0.2) is 5.79 Å². The zero-order chi connectivity index (χ0) is 14.2. The van der Waals surface area contributed by atoms with Crippen LogP contribution in [0.5, 0.6) is 0 Å². The molecule has 2 saturated heterocycles. The number of nitrogens with two attached hydrogens (primary N) is 1. The fraction of sp³-hybridized carbons (Fsp3) is 0.500. The van der Waals surface area contributed by atoms with Crippen LogP contribution >= 0.6 is 11.6 Å². The van der Waals surface area contributed by atoms with Crippen molar-refractivity contribution >= 4 is 23.2 Å². The van der Waals surface area contributed by atoms with E-state index in [1.807, 2.05) is 0 Å². The fourth-order valence-corrected chi connectivity index (χ4v) is 2.86. The Labute approximate surface area is 122 Å². The monoisotopic (exact) mass is 296 g/mol. The number of likely N-dealkylation sites (tertiary alicyclic amines) is 1. The Hall–Kier alpha value is -1.30. The maximum absolute atomic E-state index is 12.4. The minimum absolute atomic E-state index is 0.0280. The van der Waals surface area contributed by atoms with E-state index < -0.39 is 5.79 Å². The Kier molecular flexibility index (Phi) is 3.58. The third-order valence-corrected chi connectivity index (χ3v) is 4.20. The second-order valence-corrected chi connectivity index (χ2v) is 5.54. The van der Waals surface area contributed by atoms with Gasteiger partial charge in [-0.3, -0.25) is 4.79 Å². The van der Waals surface area contributed by atoms with E-state index >= 15 is 0 Å². The van der Waals surface area contributed by atoms with Gasteiger partial charge in [0.2, 0.25) is 0 Å². The molecule has 108 valence electrons. The molecule has 1 aromatic rings. The van der Waals surface area contributed by atoms with Crippen LogP contribution in [-0.4, -0.2) is 42.9 Å². The number of nitrogens with zero attached hydrogens (tertiary/aromatic N) is 1. The average Bonchev–Trinajstić information content (AvgIpc) is 2.90. The van der Waals surface area contributed by atoms with Crippen LogP contribution in [0, 0.1) is 0 Å². The van der Waals surface area contributed by atoms with Gasteiger partial charge in [-0.05, 0) is 18.2 Å². The highest BCUT2D eigenvalue weighted by molar-refractivity contribution is 6.33. The molecule has 0 aliphatic carbocycles. The average molecular weight is 297 g/mol. The number of nitrogen functional groups attached to an aromatic ring is 1. The Balaban J connectivity index is 1.68. The van der Waals surface area contributed by atoms with E-state index in [9.17, 15) is 4.79 Å². The highest BCUT2D eigenvalue weighted by atomic mass is 35.5. The normalized spacial score (nSPS) is 21.4. The van der Waals surface area contributed by atoms with E-state index in [1.54, 1.807) is 23.1 Å². The first kappa shape index (κ1) is 13.7. The largest absolute Gasteiger partial charge is 0.398 e. The summed E-state index contributed by atoms with van der Waals surface area (Å²) in [5.41, 5.74) is 6.70. The summed E-state index contributed by atoms with van der Waals surface area (Å²) in [7, 11) is 0. The molecular weight excluding hydrogens is 280 g/mol. The van der Waals surface area contributed by atoms with Crippen molar-refractivity contribution in [3.8, 4) is 0 Å². The lowest BCUT2D eigenvalue weighted by Gasteiger charge is -2.37. The first-order valence-corrected chi connectivity index (χ1v) is 7.10. The quantitative estimate of drug-likeness (QED) is 0.804. The molecule has 2 aliphatic rings. The lowest BCUT2D eigenvalue weighted by molar-refractivity contribution is -0.181. The molecule has 1 spiro atoms. The molecule has 2 N–H and O–H groups in total. The molecule has 1 amide bonds. The number of halogens is 1. The molecule has 0 atom stereocenters. The molecule has 3 rings (SSSR count). The SMILES string of the molecule is Nc1ccc(C(=O)N2CCC3(CC2)OCCO3)cc1Cl. The number of amides is 1. The summed E-state index contributed by atoms with van der Waals surface area (Å²) in [5, 5.41) is 0.409. The van der Waals surface area contributed by atoms with Gasteiger partial charge in [0.05, 0.1) is 23.9 Å². The van der Waals surface area contributed by atoms with Crippen LogP contribution in [-0.2, 0) is 9.47 Å². The lowest BCUT2D eigenvalue weighted by atomic mass is 10.0. The van der Waals surface area contributed by atoms with E-state index in [1.165, 1.54) is 0 Å². The number of anilines is 1. The van der Waals surface area contributed by atoms with Crippen LogP contribution in [0.25, 0.3) is 0 Å². The fourth-order valence-electron chi connectivity index (χ4n) is 2.68. The van der Waals surface area contributed by atoms with Gasteiger partial charge in [-0.2, -0.15) is 0 Å². The summed E-state index contributed by atoms with van der Waals surface area (Å²) < 4.78 is 11.3. The summed E-state index contributed by atoms with van der Waals surface area (Å²) in [6, 6.07) is 4.98. The Morgan fingerprint density at radius 2 is 1.90 bits per heavy atom. The number of rotatable bonds is 1. The number of benzene rings is 1. The Bertz CT molecular complexity index is 519. The molecule has 20 heavy (non-hydrogen) atoms. The number of piperidine rings is 1. The lowest BCUT2D eigenvalue weighted by Crippen LogP contribution is -2.47. The van der Waals surface area contributed by atoms with E-state index in [-0.39, 0.29) is 5.91 Å². The number of hydrogen-bond acceptors (Lipinski definition) is 4. The Morgan fingerprint density at radius 3 is 2.50 bits per heavy atom. The molecule has 2 aliphatic heterocycles. The molecule has 1 aromatic carbocycles. The van der Waals surface area contributed by atoms with Gasteiger partial charge in [0.1, 0.15) is 0 Å². The summed E-state index contributed by atoms with van der Waals surface area (Å²) in [4.78, 5) is 14.2. The predicted molar refractivity (Wildman–Crippen MR) is 75.6 cm³/mol. The van der Waals surface area contributed by atoms with Gasteiger partial charge in [-0.25, -0.2) is 0 Å². The van der Waals surface area contributed by atoms with Crippen molar-refractivity contribution in [2.75, 3.05) is 32.0 Å². The molecule has 0 aromatic heterocycles. The minimum Gasteiger partial charge on any atom is -0.398 e. The van der Waals surface area contributed by atoms with E-state index in [0.29, 0.717) is 55.4 Å². The van der Waals surface area contributed by atoms with E-state index in [4.69, 9.17) is 26.8 Å². The second-order valence-electron chi connectivity index (χ2n) is 5.14. The van der Waals surface area contributed by atoms with Crippen molar-refractivity contribution in [2.45, 2.75) is 18.6 Å². The van der Waals surface area contributed by atoms with E-state index in [0.717, 1.165) is 0 Å². The predicted octanol–water partition coefficient (Wildman–Crippen LogP) is 1.90. The summed E-state index contributed by atoms with van der Waals surface area (Å²) >= 11 is 5.96. The van der Waals surface area contributed by atoms with Crippen molar-refractivity contribution < 1.29 is 14.3 Å². The van der Waals surface area contributed by atoms with Gasteiger partial charge in [-0.15, -0.1) is 0 Å². The maximum atomic E-state index is 12.4. The zero-order valence-corrected chi connectivity index (χ0v) is 11.9. The van der Waals surface area contributed by atoms with Gasteiger partial charge in [0.25, 0.3) is 5.91 Å². The number of ether oxygens (including phenoxy) is 2. The van der Waals surface area contributed by atoms with Crippen LogP contribution < -0.4 is 5.73 Å². The first-order valence-electron chi connectivity index (χ1n) is 6.72. The molecule has 0 unspecified atom stereocenters. The first-order chi connectivity index (χ1) is 9.60. The van der Waals surface area contributed by atoms with Crippen LogP contribution in [0.15, 0.2) is 18.2 Å². The zero-order valence-electron chi connectivity index (χ0n) is 11.1. The second kappa shape index (κ2) is 5.24. The summed E-state index contributed by atoms with van der Waals surface area (Å²) in [6.45, 7) is 2.53. The van der Waals surface area contributed by atoms with Crippen LogP contribution in [0.2, 0.25) is 5.02 Å². The molecule has 0 bridgehead atoms. The van der Waals surface area contributed by atoms with Crippen molar-refractivity contribution in [1.29, 1.82) is 0 Å². The molecule has 6 heteroatoms. The molecule has 0 radical (unpaired) electrons. The van der Waals surface area contributed by atoms with Gasteiger partial charge >= 0.3 is 0 Å². The van der Waals surface area contributed by atoms with Crippen molar-refractivity contribution in [2.24, 2.45) is 0 Å². The third-order valence-electron chi connectivity index (χ3n) is 3.87. The van der Waals surface area contributed by atoms with Crippen molar-refractivity contribution in [3.63, 3.8) is 0 Å². The molecule has 5 nitrogen and oxygen atoms in total. The standard InChI is InChI=1S/C14H17ClN2O3/c15-11-9-10(1-2-12(11)16)13(18)17-5-3-14(4-6-17)19-7-8-20-14/h1-2,9H,3-8,16H2. The van der Waals surface area contributed by atoms with Crippen molar-refractivity contribution in [3.05, 3.63) is 28.8 Å². The topological polar surface area (TPSA) is 64.8 Å². The number of carbonyl (C=O) groups is 1.